The van der Waals surface area contributed by atoms with Crippen molar-refractivity contribution in [3.05, 3.63) is 473 Å². The van der Waals surface area contributed by atoms with Crippen LogP contribution in [0.2, 0.25) is 0 Å². The lowest BCUT2D eigenvalue weighted by Crippen LogP contribution is -1.90. The summed E-state index contributed by atoms with van der Waals surface area (Å²) in [6, 6.07) is 174. The quantitative estimate of drug-likeness (QED) is 0.126. The zero-order chi connectivity index (χ0) is 85.0. The zero-order valence-electron chi connectivity index (χ0n) is 70.3. The monoisotopic (exact) mass is 1690 g/mol. The van der Waals surface area contributed by atoms with Crippen molar-refractivity contribution >= 4 is 191 Å². The lowest BCUT2D eigenvalue weighted by Gasteiger charge is -2.18. The molecule has 3 heteroatoms. The SMILES string of the molecule is c1ccc(-c2c3ccccc3c(-c3ccc(-c4ccc5c(c4)sc4c6ccccc6ccc54)cc3)c3ccccc23)cc1.c1ccc(-c2c3ccccc3c(-c3ccc(-c4ccc5sc6ccc7ccccc7c6c5c4)cc3)c3ccccc23)cc1.c1ccc(-c2c3ccccc3c(-c3ccc(-c4cccc5sc6ccc7ccccc7c6c45)cc3)c3ccccc23)cc1. The van der Waals surface area contributed by atoms with Crippen LogP contribution in [0, 0.1) is 0 Å². The second kappa shape index (κ2) is 31.7. The molecule has 0 radical (unpaired) electrons. The lowest BCUT2D eigenvalue weighted by molar-refractivity contribution is 1.63. The van der Waals surface area contributed by atoms with Crippen molar-refractivity contribution < 1.29 is 0 Å². The first-order valence-corrected chi connectivity index (χ1v) is 46.8. The Bertz CT molecular complexity index is 8960. The van der Waals surface area contributed by atoms with Gasteiger partial charge in [0.1, 0.15) is 0 Å². The van der Waals surface area contributed by atoms with Crippen LogP contribution in [-0.4, -0.2) is 0 Å². The molecule has 27 rings (SSSR count). The first-order valence-electron chi connectivity index (χ1n) is 44.3. The Morgan fingerprint density at radius 3 is 0.814 bits per heavy atom. The van der Waals surface area contributed by atoms with E-state index in [2.05, 4.69) is 473 Å². The summed E-state index contributed by atoms with van der Waals surface area (Å²) in [5, 5.41) is 31.4. The third-order valence-electron chi connectivity index (χ3n) is 26.6. The summed E-state index contributed by atoms with van der Waals surface area (Å²) < 4.78 is 8.07. The van der Waals surface area contributed by atoms with Crippen LogP contribution in [0.3, 0.4) is 0 Å². The minimum atomic E-state index is 1.24. The molecular formula is C126H78S3. The number of benzene rings is 24. The van der Waals surface area contributed by atoms with Crippen molar-refractivity contribution in [3.8, 4) is 100 Å². The molecule has 3 aromatic heterocycles. The van der Waals surface area contributed by atoms with Crippen molar-refractivity contribution in [1.29, 1.82) is 0 Å². The Kier molecular flexibility index (Phi) is 18.6. The molecule has 0 aliphatic carbocycles. The van der Waals surface area contributed by atoms with Gasteiger partial charge in [0.2, 0.25) is 0 Å². The van der Waals surface area contributed by atoms with E-state index in [1.54, 1.807) is 0 Å². The summed E-state index contributed by atoms with van der Waals surface area (Å²) >= 11 is 5.67. The molecule has 0 amide bonds. The fourth-order valence-corrected chi connectivity index (χ4v) is 24.3. The summed E-state index contributed by atoms with van der Waals surface area (Å²) in [5.74, 6) is 0. The Morgan fingerprint density at radius 2 is 0.395 bits per heavy atom. The maximum absolute atomic E-state index is 2.38. The van der Waals surface area contributed by atoms with Gasteiger partial charge in [-0.15, -0.1) is 34.0 Å². The average molecular weight is 1690 g/mol. The molecule has 0 fully saturated rings. The third-order valence-corrected chi connectivity index (χ3v) is 30.0. The van der Waals surface area contributed by atoms with Crippen LogP contribution in [-0.2, 0) is 0 Å². The standard InChI is InChI=1S/3C42H26S/c1-2-12-29(13-3-1)39-33-15-6-8-17-35(33)40(36-18-9-7-16-34(36)39)30-23-21-28(22-24-30)32-19-10-20-37-41(32)42-31-14-5-4-11-27(31)25-26-38(42)43-37;1-2-11-29(12-3-1)40-34-14-6-8-16-36(34)41(37-17-9-7-15-35(37)40)30-20-18-27(19-21-30)31-23-24-33-38-25-22-28-10-4-5-13-32(28)42(38)43-39(33)26-31;1-2-11-29(12-3-1)40-33-14-6-8-16-35(33)41(36-17-9-7-15-34(36)40)30-20-18-27(19-21-30)31-23-24-38-37(26-31)42-32-13-5-4-10-28(32)22-25-39(42)43-38/h3*1-26H. The molecule has 0 nitrogen and oxygen atoms in total. The molecule has 0 spiro atoms. The molecule has 3 heterocycles. The van der Waals surface area contributed by atoms with Crippen molar-refractivity contribution in [2.75, 3.05) is 0 Å². The van der Waals surface area contributed by atoms with Gasteiger partial charge >= 0.3 is 0 Å². The molecule has 0 saturated heterocycles. The van der Waals surface area contributed by atoms with Gasteiger partial charge in [0.05, 0.1) is 0 Å². The Morgan fingerprint density at radius 1 is 0.116 bits per heavy atom. The highest BCUT2D eigenvalue weighted by atomic mass is 32.1. The van der Waals surface area contributed by atoms with E-state index in [0.29, 0.717) is 0 Å². The fourth-order valence-electron chi connectivity index (χ4n) is 20.8. The van der Waals surface area contributed by atoms with Gasteiger partial charge in [0, 0.05) is 60.5 Å². The first-order chi connectivity index (χ1) is 64.0. The molecule has 0 atom stereocenters. The van der Waals surface area contributed by atoms with E-state index in [4.69, 9.17) is 0 Å². The Labute approximate surface area is 758 Å². The second-order valence-corrected chi connectivity index (χ2v) is 37.0. The fraction of sp³-hybridized carbons (Fsp3) is 0. The highest BCUT2D eigenvalue weighted by Gasteiger charge is 2.23. The lowest BCUT2D eigenvalue weighted by atomic mass is 9.85. The average Bonchev–Trinajstić information content (AvgIpc) is 1.72. The van der Waals surface area contributed by atoms with Crippen molar-refractivity contribution in [1.82, 2.24) is 0 Å². The van der Waals surface area contributed by atoms with Gasteiger partial charge in [-0.25, -0.2) is 0 Å². The molecule has 0 bridgehead atoms. The van der Waals surface area contributed by atoms with E-state index in [1.165, 1.54) is 258 Å². The van der Waals surface area contributed by atoms with Gasteiger partial charge in [-0.2, -0.15) is 0 Å². The Hall–Kier alpha value is -15.7. The van der Waals surface area contributed by atoms with Crippen LogP contribution in [0.25, 0.3) is 258 Å². The number of rotatable bonds is 9. The summed E-state index contributed by atoms with van der Waals surface area (Å²) in [4.78, 5) is 0. The molecule has 0 aliphatic heterocycles. The zero-order valence-corrected chi connectivity index (χ0v) is 72.7. The van der Waals surface area contributed by atoms with Gasteiger partial charge in [-0.05, 0) is 233 Å². The predicted octanol–water partition coefficient (Wildman–Crippen LogP) is 37.5. The smallest absolute Gasteiger partial charge is 0.0433 e. The van der Waals surface area contributed by atoms with Gasteiger partial charge < -0.3 is 0 Å². The van der Waals surface area contributed by atoms with Crippen molar-refractivity contribution in [2.24, 2.45) is 0 Å². The molecule has 27 aromatic rings. The van der Waals surface area contributed by atoms with E-state index in [9.17, 15) is 0 Å². The minimum absolute atomic E-state index is 1.24. The molecule has 600 valence electrons. The number of thiophene rings is 3. The molecule has 0 N–H and O–H groups in total. The molecule has 0 saturated carbocycles. The van der Waals surface area contributed by atoms with E-state index < -0.39 is 0 Å². The maximum atomic E-state index is 2.38. The molecule has 0 aliphatic rings. The second-order valence-electron chi connectivity index (χ2n) is 33.7. The maximum Gasteiger partial charge on any atom is 0.0433 e. The summed E-state index contributed by atoms with van der Waals surface area (Å²) in [7, 11) is 0. The minimum Gasteiger partial charge on any atom is -0.135 e. The Balaban J connectivity index is 0.000000105. The van der Waals surface area contributed by atoms with Crippen LogP contribution in [0.15, 0.2) is 473 Å². The highest BCUT2D eigenvalue weighted by Crippen LogP contribution is 2.51. The van der Waals surface area contributed by atoms with Crippen molar-refractivity contribution in [3.63, 3.8) is 0 Å². The van der Waals surface area contributed by atoms with Crippen LogP contribution < -0.4 is 0 Å². The number of hydrogen-bond acceptors (Lipinski definition) is 3. The highest BCUT2D eigenvalue weighted by molar-refractivity contribution is 7.27. The van der Waals surface area contributed by atoms with Crippen LogP contribution in [0.5, 0.6) is 0 Å². The third kappa shape index (κ3) is 13.0. The summed E-state index contributed by atoms with van der Waals surface area (Å²) in [5.41, 5.74) is 22.8. The summed E-state index contributed by atoms with van der Waals surface area (Å²) in [6.45, 7) is 0. The van der Waals surface area contributed by atoms with Crippen molar-refractivity contribution in [2.45, 2.75) is 0 Å². The normalized spacial score (nSPS) is 11.7. The van der Waals surface area contributed by atoms with Crippen LogP contribution in [0.1, 0.15) is 0 Å². The predicted molar refractivity (Wildman–Crippen MR) is 564 cm³/mol. The van der Waals surface area contributed by atoms with E-state index in [0.717, 1.165) is 0 Å². The van der Waals surface area contributed by atoms with Gasteiger partial charge in [0.25, 0.3) is 0 Å². The number of fused-ring (bicyclic) bond motifs is 21. The van der Waals surface area contributed by atoms with Crippen LogP contribution >= 0.6 is 34.0 Å². The van der Waals surface area contributed by atoms with Gasteiger partial charge in [-0.1, -0.05) is 437 Å². The summed E-state index contributed by atoms with van der Waals surface area (Å²) in [6.07, 6.45) is 0. The van der Waals surface area contributed by atoms with Gasteiger partial charge in [-0.3, -0.25) is 0 Å². The first kappa shape index (κ1) is 75.8. The largest absolute Gasteiger partial charge is 0.135 e. The van der Waals surface area contributed by atoms with Gasteiger partial charge in [0.15, 0.2) is 0 Å². The van der Waals surface area contributed by atoms with Crippen LogP contribution in [0.4, 0.5) is 0 Å². The molecule has 24 aromatic carbocycles. The molecule has 129 heavy (non-hydrogen) atoms. The molecule has 0 unspecified atom stereocenters. The molecular weight excluding hydrogens is 1610 g/mol. The van der Waals surface area contributed by atoms with E-state index in [-0.39, 0.29) is 0 Å². The topological polar surface area (TPSA) is 0 Å². The van der Waals surface area contributed by atoms with E-state index in [1.807, 2.05) is 34.0 Å². The van der Waals surface area contributed by atoms with E-state index >= 15 is 0 Å². The number of hydrogen-bond donors (Lipinski definition) is 0.